The third-order valence-electron chi connectivity index (χ3n) is 2.33. The second-order valence-electron chi connectivity index (χ2n) is 3.73. The van der Waals surface area contributed by atoms with Gasteiger partial charge in [-0.25, -0.2) is 0 Å². The minimum atomic E-state index is -0.748. The molecule has 0 saturated carbocycles. The van der Waals surface area contributed by atoms with Gasteiger partial charge in [0.15, 0.2) is 5.00 Å². The van der Waals surface area contributed by atoms with E-state index in [1.807, 2.05) is 0 Å². The quantitative estimate of drug-likeness (QED) is 0.448. The summed E-state index contributed by atoms with van der Waals surface area (Å²) in [5, 5.41) is 29.9. The first kappa shape index (κ1) is 14.6. The van der Waals surface area contributed by atoms with E-state index >= 15 is 0 Å². The summed E-state index contributed by atoms with van der Waals surface area (Å²) in [5.74, 6) is 0. The van der Waals surface area contributed by atoms with Crippen molar-refractivity contribution in [3.8, 4) is 0 Å². The van der Waals surface area contributed by atoms with Crippen molar-refractivity contribution in [2.45, 2.75) is 13.0 Å². The number of hydrogen-bond acceptors (Lipinski definition) is 6. The van der Waals surface area contributed by atoms with Crippen molar-refractivity contribution in [2.75, 3.05) is 24.6 Å². The van der Waals surface area contributed by atoms with Crippen molar-refractivity contribution in [1.29, 1.82) is 0 Å². The van der Waals surface area contributed by atoms with Crippen LogP contribution >= 0.6 is 11.3 Å². The fourth-order valence-corrected chi connectivity index (χ4v) is 2.60. The molecule has 0 aliphatic carbocycles. The largest absolute Gasteiger partial charge is 0.395 e. The third kappa shape index (κ3) is 3.28. The Balaban J connectivity index is 3.17. The van der Waals surface area contributed by atoms with Crippen LogP contribution in [-0.4, -0.2) is 34.8 Å². The van der Waals surface area contributed by atoms with Crippen LogP contribution in [-0.2, 0) is 0 Å². The Hall–Kier alpha value is -1.44. The van der Waals surface area contributed by atoms with Crippen LogP contribution in [0.3, 0.4) is 0 Å². The molecule has 0 aliphatic heterocycles. The van der Waals surface area contributed by atoms with Crippen molar-refractivity contribution in [1.82, 2.24) is 0 Å². The van der Waals surface area contributed by atoms with E-state index < -0.39 is 11.0 Å². The predicted octanol–water partition coefficient (Wildman–Crippen LogP) is 1.69. The van der Waals surface area contributed by atoms with Crippen LogP contribution in [0.2, 0.25) is 0 Å². The third-order valence-corrected chi connectivity index (χ3v) is 3.68. The van der Waals surface area contributed by atoms with Gasteiger partial charge < -0.3 is 15.1 Å². The van der Waals surface area contributed by atoms with Gasteiger partial charge in [-0.2, -0.15) is 0 Å². The van der Waals surface area contributed by atoms with Crippen molar-refractivity contribution >= 4 is 22.0 Å². The van der Waals surface area contributed by atoms with Crippen LogP contribution in [0.4, 0.5) is 10.7 Å². The monoisotopic (exact) mass is 272 g/mol. The SMILES string of the molecule is C=CCN(CCO)c1sc([C@@H](C)O)cc1[N+](=O)[O-]. The molecule has 0 unspecified atom stereocenters. The molecule has 0 aliphatic rings. The molecule has 2 N–H and O–H groups in total. The fraction of sp³-hybridized carbons (Fsp3) is 0.455. The lowest BCUT2D eigenvalue weighted by Crippen LogP contribution is -2.26. The molecule has 6 nitrogen and oxygen atoms in total. The van der Waals surface area contributed by atoms with E-state index in [1.54, 1.807) is 17.9 Å². The van der Waals surface area contributed by atoms with Gasteiger partial charge >= 0.3 is 5.69 Å². The Kier molecular flexibility index (Phi) is 5.26. The normalized spacial score (nSPS) is 12.2. The first-order valence-corrected chi connectivity index (χ1v) is 6.25. The summed E-state index contributed by atoms with van der Waals surface area (Å²) in [6.07, 6.45) is 0.864. The van der Waals surface area contributed by atoms with Gasteiger partial charge in [0, 0.05) is 24.0 Å². The molecule has 0 saturated heterocycles. The summed E-state index contributed by atoms with van der Waals surface area (Å²) in [7, 11) is 0. The zero-order chi connectivity index (χ0) is 13.7. The minimum Gasteiger partial charge on any atom is -0.395 e. The number of hydrogen-bond donors (Lipinski definition) is 2. The summed E-state index contributed by atoms with van der Waals surface area (Å²) in [5.41, 5.74) is -0.0498. The zero-order valence-electron chi connectivity index (χ0n) is 10.1. The summed E-state index contributed by atoms with van der Waals surface area (Å²) in [6, 6.07) is 1.37. The zero-order valence-corrected chi connectivity index (χ0v) is 10.9. The Morgan fingerprint density at radius 2 is 2.39 bits per heavy atom. The Morgan fingerprint density at radius 3 is 2.83 bits per heavy atom. The van der Waals surface area contributed by atoms with E-state index in [0.29, 0.717) is 16.4 Å². The molecule has 0 spiro atoms. The van der Waals surface area contributed by atoms with Crippen molar-refractivity contribution in [3.05, 3.63) is 33.7 Å². The van der Waals surface area contributed by atoms with Crippen molar-refractivity contribution < 1.29 is 15.1 Å². The molecule has 0 aromatic carbocycles. The van der Waals surface area contributed by atoms with Gasteiger partial charge in [0.05, 0.1) is 17.6 Å². The highest BCUT2D eigenvalue weighted by Crippen LogP contribution is 2.39. The summed E-state index contributed by atoms with van der Waals surface area (Å²) in [4.78, 5) is 12.7. The average Bonchev–Trinajstić information content (AvgIpc) is 2.73. The highest BCUT2D eigenvalue weighted by Gasteiger charge is 2.24. The lowest BCUT2D eigenvalue weighted by atomic mass is 10.3. The van der Waals surface area contributed by atoms with Crippen LogP contribution in [0.1, 0.15) is 17.9 Å². The van der Waals surface area contributed by atoms with Crippen LogP contribution < -0.4 is 4.90 Å². The molecule has 1 rings (SSSR count). The predicted molar refractivity (Wildman–Crippen MR) is 71.1 cm³/mol. The topological polar surface area (TPSA) is 86.8 Å². The highest BCUT2D eigenvalue weighted by atomic mass is 32.1. The molecule has 1 aromatic heterocycles. The number of anilines is 1. The maximum atomic E-state index is 11.0. The number of aliphatic hydroxyl groups is 2. The second kappa shape index (κ2) is 6.48. The Bertz CT molecular complexity index is 431. The van der Waals surface area contributed by atoms with Gasteiger partial charge in [0.1, 0.15) is 0 Å². The van der Waals surface area contributed by atoms with Gasteiger partial charge in [0.2, 0.25) is 0 Å². The summed E-state index contributed by atoms with van der Waals surface area (Å²) >= 11 is 1.16. The van der Waals surface area contributed by atoms with E-state index in [0.717, 1.165) is 11.3 Å². The molecular weight excluding hydrogens is 256 g/mol. The molecule has 1 heterocycles. The van der Waals surface area contributed by atoms with Gasteiger partial charge in [-0.15, -0.1) is 17.9 Å². The summed E-state index contributed by atoms with van der Waals surface area (Å²) < 4.78 is 0. The van der Waals surface area contributed by atoms with Crippen molar-refractivity contribution in [3.63, 3.8) is 0 Å². The molecule has 100 valence electrons. The molecule has 7 heteroatoms. The minimum absolute atomic E-state index is 0.0498. The van der Waals surface area contributed by atoms with E-state index in [2.05, 4.69) is 6.58 Å². The van der Waals surface area contributed by atoms with E-state index in [9.17, 15) is 15.2 Å². The van der Waals surface area contributed by atoms with Crippen LogP contribution in [0.5, 0.6) is 0 Å². The molecule has 0 fully saturated rings. The maximum absolute atomic E-state index is 11.0. The second-order valence-corrected chi connectivity index (χ2v) is 4.79. The fourth-order valence-electron chi connectivity index (χ4n) is 1.51. The molecule has 0 bridgehead atoms. The average molecular weight is 272 g/mol. The summed E-state index contributed by atoms with van der Waals surface area (Å²) in [6.45, 7) is 5.73. The van der Waals surface area contributed by atoms with Crippen LogP contribution in [0.25, 0.3) is 0 Å². The number of rotatable bonds is 7. The Labute approximate surface area is 109 Å². The molecule has 0 radical (unpaired) electrons. The molecule has 1 aromatic rings. The molecular formula is C11H16N2O4S. The standard InChI is InChI=1S/C11H16N2O4S/c1-3-4-12(5-6-14)11-9(13(16)17)7-10(18-11)8(2)15/h3,7-8,14-15H,1,4-6H2,2H3/t8-/m1/s1. The number of nitro groups is 1. The van der Waals surface area contributed by atoms with Gasteiger partial charge in [-0.05, 0) is 6.92 Å². The number of thiophene rings is 1. The van der Waals surface area contributed by atoms with E-state index in [1.165, 1.54) is 6.07 Å². The number of aliphatic hydroxyl groups excluding tert-OH is 2. The molecule has 18 heavy (non-hydrogen) atoms. The Morgan fingerprint density at radius 1 is 1.72 bits per heavy atom. The van der Waals surface area contributed by atoms with Crippen LogP contribution in [0.15, 0.2) is 18.7 Å². The van der Waals surface area contributed by atoms with Crippen LogP contribution in [0, 0.1) is 10.1 Å². The van der Waals surface area contributed by atoms with E-state index in [-0.39, 0.29) is 18.8 Å². The van der Waals surface area contributed by atoms with Gasteiger partial charge in [-0.3, -0.25) is 10.1 Å². The smallest absolute Gasteiger partial charge is 0.304 e. The lowest BCUT2D eigenvalue weighted by Gasteiger charge is -2.19. The highest BCUT2D eigenvalue weighted by molar-refractivity contribution is 7.16. The van der Waals surface area contributed by atoms with Gasteiger partial charge in [0.25, 0.3) is 0 Å². The number of nitrogens with zero attached hydrogens (tertiary/aromatic N) is 2. The first-order chi connectivity index (χ1) is 8.51. The van der Waals surface area contributed by atoms with E-state index in [4.69, 9.17) is 5.11 Å². The molecule has 0 amide bonds. The van der Waals surface area contributed by atoms with Crippen molar-refractivity contribution in [2.24, 2.45) is 0 Å². The maximum Gasteiger partial charge on any atom is 0.304 e. The molecule has 1 atom stereocenters. The lowest BCUT2D eigenvalue weighted by molar-refractivity contribution is -0.383. The first-order valence-electron chi connectivity index (χ1n) is 5.44. The van der Waals surface area contributed by atoms with Gasteiger partial charge in [-0.1, -0.05) is 6.08 Å².